The summed E-state index contributed by atoms with van der Waals surface area (Å²) in [7, 11) is 5.15. The molecule has 1 fully saturated rings. The first-order valence-electron chi connectivity index (χ1n) is 11.6. The van der Waals surface area contributed by atoms with Gasteiger partial charge in [-0.05, 0) is 30.4 Å². The van der Waals surface area contributed by atoms with Crippen LogP contribution in [0.2, 0.25) is 0 Å². The summed E-state index contributed by atoms with van der Waals surface area (Å²) < 4.78 is 18.3. The van der Waals surface area contributed by atoms with E-state index in [1.807, 2.05) is 24.3 Å². The lowest BCUT2D eigenvalue weighted by Crippen LogP contribution is -2.46. The Morgan fingerprint density at radius 2 is 1.94 bits per heavy atom. The maximum Gasteiger partial charge on any atom is 0.225 e. The highest BCUT2D eigenvalue weighted by Gasteiger charge is 2.27. The first-order valence-corrected chi connectivity index (χ1v) is 11.6. The van der Waals surface area contributed by atoms with Gasteiger partial charge in [0.1, 0.15) is 0 Å². The quantitative estimate of drug-likeness (QED) is 0.369. The number of nitrogens with zero attached hydrogens (tertiary/aromatic N) is 3. The van der Waals surface area contributed by atoms with Crippen LogP contribution in [0, 0.1) is 0 Å². The van der Waals surface area contributed by atoms with E-state index in [2.05, 4.69) is 29.4 Å². The summed E-state index contributed by atoms with van der Waals surface area (Å²) in [4.78, 5) is 14.9. The molecular weight excluding hydrogens is 406 g/mol. The van der Waals surface area contributed by atoms with Crippen molar-refractivity contribution in [1.82, 2.24) is 14.7 Å². The van der Waals surface area contributed by atoms with Gasteiger partial charge in [0.15, 0.2) is 6.29 Å². The predicted molar refractivity (Wildman–Crippen MR) is 124 cm³/mol. The van der Waals surface area contributed by atoms with Crippen LogP contribution >= 0.6 is 0 Å². The zero-order chi connectivity index (χ0) is 22.8. The van der Waals surface area contributed by atoms with Crippen LogP contribution in [-0.2, 0) is 32.5 Å². The normalized spacial score (nSPS) is 14.8. The fraction of sp³-hybridized carbons (Fsp3) is 0.600. The molecule has 0 spiro atoms. The van der Waals surface area contributed by atoms with E-state index in [0.29, 0.717) is 26.2 Å². The zero-order valence-electron chi connectivity index (χ0n) is 19.7. The molecule has 1 aromatic carbocycles. The number of hydrogen-bond acceptors (Lipinski definition) is 5. The number of aromatic nitrogens is 2. The van der Waals surface area contributed by atoms with Crippen LogP contribution in [0.4, 0.5) is 0 Å². The summed E-state index contributed by atoms with van der Waals surface area (Å²) in [6.07, 6.45) is 10.4. The fourth-order valence-corrected chi connectivity index (χ4v) is 4.32. The first-order chi connectivity index (χ1) is 15.6. The highest BCUT2D eigenvalue weighted by molar-refractivity contribution is 5.76. The number of benzene rings is 1. The summed E-state index contributed by atoms with van der Waals surface area (Å²) in [5.41, 5.74) is 3.47. The van der Waals surface area contributed by atoms with Crippen LogP contribution in [0.1, 0.15) is 44.1 Å². The third-order valence-corrected chi connectivity index (χ3v) is 6.17. The molecule has 0 unspecified atom stereocenters. The lowest BCUT2D eigenvalue weighted by molar-refractivity contribution is -0.151. The molecule has 1 aliphatic rings. The molecule has 0 saturated heterocycles. The standard InChI is InChI=1S/C25H37N3O4/c1-27-18-22(17-26-27)21-9-7-8-20(16-21)12-14-32-15-13-24(29)28(19-25(30-2)31-3)23-10-5-4-6-11-23/h7-9,16-18,23,25H,4-6,10-15,19H2,1-3H3. The van der Waals surface area contributed by atoms with Gasteiger partial charge in [0.25, 0.3) is 0 Å². The van der Waals surface area contributed by atoms with E-state index in [0.717, 1.165) is 30.4 Å². The van der Waals surface area contributed by atoms with Gasteiger partial charge in [-0.15, -0.1) is 0 Å². The lowest BCUT2D eigenvalue weighted by Gasteiger charge is -2.36. The third kappa shape index (κ3) is 7.15. The monoisotopic (exact) mass is 443 g/mol. The van der Waals surface area contributed by atoms with E-state index < -0.39 is 6.29 Å². The van der Waals surface area contributed by atoms with E-state index in [1.54, 1.807) is 18.9 Å². The van der Waals surface area contributed by atoms with Crippen molar-refractivity contribution < 1.29 is 19.0 Å². The minimum absolute atomic E-state index is 0.120. The Morgan fingerprint density at radius 3 is 2.62 bits per heavy atom. The number of aryl methyl sites for hydroxylation is 1. The molecule has 1 aromatic heterocycles. The van der Waals surface area contributed by atoms with Crippen molar-refractivity contribution in [2.75, 3.05) is 34.0 Å². The second kappa shape index (κ2) is 12.7. The molecule has 176 valence electrons. The summed E-state index contributed by atoms with van der Waals surface area (Å²) in [6, 6.07) is 8.71. The van der Waals surface area contributed by atoms with Gasteiger partial charge in [0.05, 0.1) is 32.4 Å². The van der Waals surface area contributed by atoms with Crippen LogP contribution in [0.3, 0.4) is 0 Å². The fourth-order valence-electron chi connectivity index (χ4n) is 4.32. The second-order valence-corrected chi connectivity index (χ2v) is 8.45. The van der Waals surface area contributed by atoms with Crippen molar-refractivity contribution in [1.29, 1.82) is 0 Å². The van der Waals surface area contributed by atoms with Crippen molar-refractivity contribution in [2.24, 2.45) is 7.05 Å². The van der Waals surface area contributed by atoms with Crippen LogP contribution in [-0.4, -0.2) is 66.9 Å². The van der Waals surface area contributed by atoms with Gasteiger partial charge in [-0.2, -0.15) is 5.10 Å². The molecule has 0 atom stereocenters. The molecule has 3 rings (SSSR count). The van der Waals surface area contributed by atoms with Gasteiger partial charge in [0.2, 0.25) is 5.91 Å². The van der Waals surface area contributed by atoms with Crippen molar-refractivity contribution >= 4 is 5.91 Å². The Labute approximate surface area is 191 Å². The van der Waals surface area contributed by atoms with Crippen molar-refractivity contribution in [3.05, 3.63) is 42.2 Å². The van der Waals surface area contributed by atoms with E-state index in [4.69, 9.17) is 14.2 Å². The smallest absolute Gasteiger partial charge is 0.225 e. The van der Waals surface area contributed by atoms with E-state index >= 15 is 0 Å². The summed E-state index contributed by atoms with van der Waals surface area (Å²) in [5, 5.41) is 4.24. The van der Waals surface area contributed by atoms with Crippen molar-refractivity contribution in [3.63, 3.8) is 0 Å². The molecule has 7 heteroatoms. The number of hydrogen-bond donors (Lipinski definition) is 0. The Bertz CT molecular complexity index is 828. The largest absolute Gasteiger partial charge is 0.381 e. The average Bonchev–Trinajstić information content (AvgIpc) is 3.26. The maximum absolute atomic E-state index is 13.0. The van der Waals surface area contributed by atoms with Crippen LogP contribution in [0.5, 0.6) is 0 Å². The zero-order valence-corrected chi connectivity index (χ0v) is 19.7. The molecule has 1 heterocycles. The predicted octanol–water partition coefficient (Wildman–Crippen LogP) is 3.82. The Morgan fingerprint density at radius 1 is 1.16 bits per heavy atom. The van der Waals surface area contributed by atoms with Crippen LogP contribution < -0.4 is 0 Å². The Kier molecular flexibility index (Phi) is 9.71. The van der Waals surface area contributed by atoms with Crippen molar-refractivity contribution in [3.8, 4) is 11.1 Å². The van der Waals surface area contributed by atoms with E-state index in [9.17, 15) is 4.79 Å². The average molecular weight is 444 g/mol. The molecule has 0 radical (unpaired) electrons. The Balaban J connectivity index is 1.45. The van der Waals surface area contributed by atoms with Crippen LogP contribution in [0.15, 0.2) is 36.7 Å². The highest BCUT2D eigenvalue weighted by Crippen LogP contribution is 2.24. The number of carbonyl (C=O) groups excluding carboxylic acids is 1. The molecule has 0 N–H and O–H groups in total. The van der Waals surface area contributed by atoms with Gasteiger partial charge < -0.3 is 19.1 Å². The van der Waals surface area contributed by atoms with Gasteiger partial charge in [-0.1, -0.05) is 43.5 Å². The molecule has 1 aliphatic carbocycles. The number of methoxy groups -OCH3 is 2. The molecule has 0 bridgehead atoms. The molecule has 7 nitrogen and oxygen atoms in total. The number of rotatable bonds is 12. The van der Waals surface area contributed by atoms with Crippen LogP contribution in [0.25, 0.3) is 11.1 Å². The number of amides is 1. The Hall–Kier alpha value is -2.22. The van der Waals surface area contributed by atoms with Gasteiger partial charge in [0, 0.05) is 39.1 Å². The molecule has 2 aromatic rings. The molecule has 32 heavy (non-hydrogen) atoms. The number of carbonyl (C=O) groups is 1. The van der Waals surface area contributed by atoms with Gasteiger partial charge in [-0.3, -0.25) is 9.48 Å². The molecule has 0 aliphatic heterocycles. The summed E-state index contributed by atoms with van der Waals surface area (Å²) in [6.45, 7) is 1.48. The molecule has 1 saturated carbocycles. The third-order valence-electron chi connectivity index (χ3n) is 6.17. The first kappa shape index (κ1) is 24.4. The minimum atomic E-state index is -0.395. The molecular formula is C25H37N3O4. The second-order valence-electron chi connectivity index (χ2n) is 8.45. The minimum Gasteiger partial charge on any atom is -0.381 e. The maximum atomic E-state index is 13.0. The van der Waals surface area contributed by atoms with Crippen molar-refractivity contribution in [2.45, 2.75) is 57.3 Å². The summed E-state index contributed by atoms with van der Waals surface area (Å²) >= 11 is 0. The summed E-state index contributed by atoms with van der Waals surface area (Å²) in [5.74, 6) is 0.120. The van der Waals surface area contributed by atoms with E-state index in [1.165, 1.54) is 24.8 Å². The topological polar surface area (TPSA) is 65.8 Å². The SMILES string of the molecule is COC(CN(C(=O)CCOCCc1cccc(-c2cnn(C)c2)c1)C1CCCCC1)OC. The molecule has 1 amide bonds. The number of ether oxygens (including phenoxy) is 3. The van der Waals surface area contributed by atoms with Gasteiger partial charge >= 0.3 is 0 Å². The highest BCUT2D eigenvalue weighted by atomic mass is 16.7. The lowest BCUT2D eigenvalue weighted by atomic mass is 9.94. The van der Waals surface area contributed by atoms with Gasteiger partial charge in [-0.25, -0.2) is 0 Å². The van der Waals surface area contributed by atoms with E-state index in [-0.39, 0.29) is 11.9 Å².